The van der Waals surface area contributed by atoms with Gasteiger partial charge in [0.05, 0.1) is 11.6 Å². The van der Waals surface area contributed by atoms with Crippen molar-refractivity contribution in [2.24, 2.45) is 0 Å². The largest absolute Gasteiger partial charge is 0.490 e. The molecular weight excluding hydrogens is 279 g/mol. The summed E-state index contributed by atoms with van der Waals surface area (Å²) in [5.41, 5.74) is 1.15. The van der Waals surface area contributed by atoms with Crippen molar-refractivity contribution < 1.29 is 9.47 Å². The van der Waals surface area contributed by atoms with E-state index in [2.05, 4.69) is 22.9 Å². The van der Waals surface area contributed by atoms with Crippen molar-refractivity contribution in [1.29, 1.82) is 0 Å². The van der Waals surface area contributed by atoms with E-state index in [1.165, 1.54) is 0 Å². The number of methoxy groups -OCH3 is 1. The lowest BCUT2D eigenvalue weighted by Gasteiger charge is -2.10. The zero-order valence-corrected chi connectivity index (χ0v) is 11.1. The summed E-state index contributed by atoms with van der Waals surface area (Å²) in [6, 6.07) is 5.76. The summed E-state index contributed by atoms with van der Waals surface area (Å²) in [7, 11) is 1.64. The van der Waals surface area contributed by atoms with Gasteiger partial charge in [0.1, 0.15) is 12.4 Å². The first-order valence-electron chi connectivity index (χ1n) is 4.70. The molecular formula is C11H14BrClO2. The molecule has 0 bridgehead atoms. The summed E-state index contributed by atoms with van der Waals surface area (Å²) in [4.78, 5) is 0.291. The van der Waals surface area contributed by atoms with Crippen LogP contribution < -0.4 is 4.74 Å². The molecule has 1 atom stereocenters. The van der Waals surface area contributed by atoms with Crippen molar-refractivity contribution in [1.82, 2.24) is 0 Å². The van der Waals surface area contributed by atoms with Crippen LogP contribution in [-0.4, -0.2) is 20.3 Å². The molecule has 2 nitrogen and oxygen atoms in total. The molecule has 0 aromatic heterocycles. The Balaban J connectivity index is 2.72. The van der Waals surface area contributed by atoms with Crippen LogP contribution in [0.1, 0.15) is 17.3 Å². The maximum absolute atomic E-state index is 6.00. The van der Waals surface area contributed by atoms with Crippen LogP contribution in [-0.2, 0) is 4.74 Å². The summed E-state index contributed by atoms with van der Waals surface area (Å²) in [6.07, 6.45) is 0. The molecule has 0 saturated carbocycles. The molecule has 1 aromatic carbocycles. The Hall–Kier alpha value is -0.250. The third-order valence-corrected chi connectivity index (χ3v) is 2.80. The second-order valence-corrected chi connectivity index (χ2v) is 4.93. The molecule has 1 rings (SSSR count). The van der Waals surface area contributed by atoms with E-state index in [-0.39, 0.29) is 0 Å². The smallest absolute Gasteiger partial charge is 0.138 e. The van der Waals surface area contributed by atoms with E-state index in [0.29, 0.717) is 28.8 Å². The van der Waals surface area contributed by atoms with Crippen LogP contribution >= 0.6 is 27.5 Å². The minimum Gasteiger partial charge on any atom is -0.490 e. The van der Waals surface area contributed by atoms with Gasteiger partial charge in [0.25, 0.3) is 0 Å². The number of hydrogen-bond donors (Lipinski definition) is 0. The van der Waals surface area contributed by atoms with Crippen LogP contribution in [0, 0.1) is 0 Å². The van der Waals surface area contributed by atoms with Crippen molar-refractivity contribution >= 4 is 27.5 Å². The lowest BCUT2D eigenvalue weighted by atomic mass is 10.1. The molecule has 0 aliphatic carbocycles. The molecule has 4 heteroatoms. The number of benzene rings is 1. The van der Waals surface area contributed by atoms with Crippen LogP contribution in [0.25, 0.3) is 0 Å². The van der Waals surface area contributed by atoms with Gasteiger partial charge in [-0.2, -0.15) is 0 Å². The zero-order valence-electron chi connectivity index (χ0n) is 8.80. The molecule has 1 unspecified atom stereocenters. The first-order valence-corrected chi connectivity index (χ1v) is 5.99. The fourth-order valence-corrected chi connectivity index (χ4v) is 1.57. The van der Waals surface area contributed by atoms with Crippen LogP contribution in [0.15, 0.2) is 18.2 Å². The van der Waals surface area contributed by atoms with E-state index in [0.717, 1.165) is 5.56 Å². The highest BCUT2D eigenvalue weighted by atomic mass is 79.9. The summed E-state index contributed by atoms with van der Waals surface area (Å²) < 4.78 is 10.4. The summed E-state index contributed by atoms with van der Waals surface area (Å²) in [5, 5.41) is 0.628. The Labute approximate surface area is 104 Å². The first kappa shape index (κ1) is 12.8. The van der Waals surface area contributed by atoms with Crippen LogP contribution in [0.4, 0.5) is 0 Å². The minimum atomic E-state index is 0.291. The van der Waals surface area contributed by atoms with Gasteiger partial charge in [-0.25, -0.2) is 0 Å². The second-order valence-electron chi connectivity index (χ2n) is 3.15. The van der Waals surface area contributed by atoms with E-state index < -0.39 is 0 Å². The van der Waals surface area contributed by atoms with E-state index in [4.69, 9.17) is 21.1 Å². The van der Waals surface area contributed by atoms with Gasteiger partial charge < -0.3 is 9.47 Å². The molecule has 0 spiro atoms. The minimum absolute atomic E-state index is 0.291. The highest BCUT2D eigenvalue weighted by Gasteiger charge is 2.06. The lowest BCUT2D eigenvalue weighted by Crippen LogP contribution is -2.04. The number of hydrogen-bond acceptors (Lipinski definition) is 2. The first-order chi connectivity index (χ1) is 7.15. The highest BCUT2D eigenvalue weighted by molar-refractivity contribution is 9.09. The van der Waals surface area contributed by atoms with E-state index in [1.807, 2.05) is 18.2 Å². The van der Waals surface area contributed by atoms with Crippen LogP contribution in [0.3, 0.4) is 0 Å². The molecule has 0 radical (unpaired) electrons. The topological polar surface area (TPSA) is 18.5 Å². The molecule has 0 saturated heterocycles. The Kier molecular flexibility index (Phi) is 5.43. The maximum Gasteiger partial charge on any atom is 0.138 e. The summed E-state index contributed by atoms with van der Waals surface area (Å²) in [6.45, 7) is 3.13. The number of rotatable bonds is 5. The van der Waals surface area contributed by atoms with Gasteiger partial charge in [0, 0.05) is 11.9 Å². The standard InChI is InChI=1S/C11H14BrClO2/c1-8(12)9-3-4-10(13)11(7-9)15-6-5-14-2/h3-4,7-8H,5-6H2,1-2H3. The molecule has 0 amide bonds. The van der Waals surface area contributed by atoms with Crippen molar-refractivity contribution in [3.8, 4) is 5.75 Å². The van der Waals surface area contributed by atoms with Crippen molar-refractivity contribution in [2.45, 2.75) is 11.8 Å². The van der Waals surface area contributed by atoms with Gasteiger partial charge in [0.15, 0.2) is 0 Å². The Morgan fingerprint density at radius 2 is 2.13 bits per heavy atom. The van der Waals surface area contributed by atoms with Crippen molar-refractivity contribution in [2.75, 3.05) is 20.3 Å². The molecule has 0 aliphatic rings. The quantitative estimate of drug-likeness (QED) is 0.607. The number of halogens is 2. The molecule has 15 heavy (non-hydrogen) atoms. The van der Waals surface area contributed by atoms with Gasteiger partial charge in [-0.3, -0.25) is 0 Å². The highest BCUT2D eigenvalue weighted by Crippen LogP contribution is 2.30. The maximum atomic E-state index is 6.00. The van der Waals surface area contributed by atoms with Gasteiger partial charge in [0.2, 0.25) is 0 Å². The van der Waals surface area contributed by atoms with Gasteiger partial charge in [-0.15, -0.1) is 0 Å². The van der Waals surface area contributed by atoms with Gasteiger partial charge in [-0.05, 0) is 24.6 Å². The summed E-state index contributed by atoms with van der Waals surface area (Å²) >= 11 is 9.50. The van der Waals surface area contributed by atoms with Gasteiger partial charge >= 0.3 is 0 Å². The fourth-order valence-electron chi connectivity index (χ4n) is 1.11. The fraction of sp³-hybridized carbons (Fsp3) is 0.455. The number of alkyl halides is 1. The Bertz CT molecular complexity index is 315. The molecule has 0 N–H and O–H groups in total. The number of ether oxygens (including phenoxy) is 2. The average Bonchev–Trinajstić information content (AvgIpc) is 2.20. The van der Waals surface area contributed by atoms with Crippen LogP contribution in [0.5, 0.6) is 5.75 Å². The summed E-state index contributed by atoms with van der Waals surface area (Å²) in [5.74, 6) is 0.706. The van der Waals surface area contributed by atoms with E-state index in [1.54, 1.807) is 7.11 Å². The zero-order chi connectivity index (χ0) is 11.3. The predicted molar refractivity (Wildman–Crippen MR) is 66.2 cm³/mol. The molecule has 0 heterocycles. The normalized spacial score (nSPS) is 12.5. The molecule has 84 valence electrons. The molecule has 0 fully saturated rings. The second kappa shape index (κ2) is 6.36. The van der Waals surface area contributed by atoms with Crippen LogP contribution in [0.2, 0.25) is 5.02 Å². The van der Waals surface area contributed by atoms with Crippen molar-refractivity contribution in [3.05, 3.63) is 28.8 Å². The third kappa shape index (κ3) is 4.01. The third-order valence-electron chi connectivity index (χ3n) is 1.96. The Morgan fingerprint density at radius 1 is 1.40 bits per heavy atom. The van der Waals surface area contributed by atoms with Crippen molar-refractivity contribution in [3.63, 3.8) is 0 Å². The van der Waals surface area contributed by atoms with Gasteiger partial charge in [-0.1, -0.05) is 33.6 Å². The average molecular weight is 294 g/mol. The van der Waals surface area contributed by atoms with E-state index >= 15 is 0 Å². The predicted octanol–water partition coefficient (Wildman–Crippen LogP) is 3.82. The molecule has 0 aliphatic heterocycles. The molecule has 1 aromatic rings. The SMILES string of the molecule is COCCOc1cc(C(C)Br)ccc1Cl. The monoisotopic (exact) mass is 292 g/mol. The lowest BCUT2D eigenvalue weighted by molar-refractivity contribution is 0.146. The van der Waals surface area contributed by atoms with E-state index in [9.17, 15) is 0 Å². The Morgan fingerprint density at radius 3 is 2.73 bits per heavy atom.